The summed E-state index contributed by atoms with van der Waals surface area (Å²) in [6.07, 6.45) is 0.715. The predicted octanol–water partition coefficient (Wildman–Crippen LogP) is 0.760. The smallest absolute Gasteiger partial charge is 0.345 e. The van der Waals surface area contributed by atoms with Gasteiger partial charge in [0.2, 0.25) is 0 Å². The van der Waals surface area contributed by atoms with E-state index < -0.39 is 52.3 Å². The van der Waals surface area contributed by atoms with Crippen molar-refractivity contribution in [2.75, 3.05) is 19.5 Å². The van der Waals surface area contributed by atoms with Crippen molar-refractivity contribution in [1.29, 1.82) is 0 Å². The van der Waals surface area contributed by atoms with Gasteiger partial charge in [-0.15, -0.1) is 0 Å². The van der Waals surface area contributed by atoms with Crippen LogP contribution in [0.5, 0.6) is 0 Å². The molecule has 0 aliphatic carbocycles. The van der Waals surface area contributed by atoms with Crippen molar-refractivity contribution in [3.63, 3.8) is 0 Å². The number of rotatable bonds is 2. The molecule has 2 N–H and O–H groups in total. The fraction of sp³-hybridized carbons (Fsp3) is 0.250. The van der Waals surface area contributed by atoms with Crippen LogP contribution in [0.25, 0.3) is 0 Å². The van der Waals surface area contributed by atoms with E-state index in [9.17, 15) is 26.4 Å². The molecule has 0 amide bonds. The lowest BCUT2D eigenvalue weighted by Crippen LogP contribution is -2.11. The van der Waals surface area contributed by atoms with Gasteiger partial charge < -0.3 is 9.84 Å². The summed E-state index contributed by atoms with van der Waals surface area (Å²) in [5, 5.41) is 8.29. The van der Waals surface area contributed by atoms with Gasteiger partial charge in [0.1, 0.15) is 29.6 Å². The minimum atomic E-state index is -3.67. The molecule has 10 heteroatoms. The SMILES string of the molecule is CS(=O)(=O)O.O=C(OCC#CCO)c1c(F)cc(F)cc1F. The van der Waals surface area contributed by atoms with Gasteiger partial charge in [0, 0.05) is 12.1 Å². The minimum Gasteiger partial charge on any atom is -0.449 e. The fourth-order valence-electron chi connectivity index (χ4n) is 1.02. The highest BCUT2D eigenvalue weighted by Gasteiger charge is 2.19. The standard InChI is InChI=1S/C11H7F3O3.CH4O3S/c12-7-5-8(13)10(9(14)6-7)11(16)17-4-2-1-3-15;1-5(2,3)4/h5-6,15H,3-4H2;1H3,(H,2,3,4). The van der Waals surface area contributed by atoms with Crippen molar-refractivity contribution in [2.45, 2.75) is 0 Å². The Balaban J connectivity index is 0.000000763. The Morgan fingerprint density at radius 3 is 2.09 bits per heavy atom. The molecule has 0 bridgehead atoms. The van der Waals surface area contributed by atoms with Gasteiger partial charge in [0.05, 0.1) is 6.26 Å². The number of hydrogen-bond acceptors (Lipinski definition) is 5. The normalized spacial score (nSPS) is 9.91. The van der Waals surface area contributed by atoms with E-state index in [4.69, 9.17) is 9.66 Å². The zero-order chi connectivity index (χ0) is 17.3. The van der Waals surface area contributed by atoms with Crippen LogP contribution in [0.3, 0.4) is 0 Å². The highest BCUT2D eigenvalue weighted by atomic mass is 32.2. The molecule has 0 saturated heterocycles. The van der Waals surface area contributed by atoms with Crippen molar-refractivity contribution < 1.29 is 40.8 Å². The van der Waals surface area contributed by atoms with E-state index in [1.165, 1.54) is 0 Å². The Labute approximate surface area is 124 Å². The first-order chi connectivity index (χ1) is 10.1. The average molecular weight is 340 g/mol. The van der Waals surface area contributed by atoms with Gasteiger partial charge in [-0.3, -0.25) is 4.55 Å². The highest BCUT2D eigenvalue weighted by Crippen LogP contribution is 2.15. The molecule has 6 nitrogen and oxygen atoms in total. The topological polar surface area (TPSA) is 101 Å². The third-order valence-corrected chi connectivity index (χ3v) is 1.69. The number of hydrogen-bond donors (Lipinski definition) is 2. The Kier molecular flexibility index (Phi) is 8.18. The monoisotopic (exact) mass is 340 g/mol. The summed E-state index contributed by atoms with van der Waals surface area (Å²) in [6, 6.07) is 0.748. The van der Waals surface area contributed by atoms with Gasteiger partial charge in [-0.2, -0.15) is 8.42 Å². The number of ether oxygens (including phenoxy) is 1. The van der Waals surface area contributed by atoms with Crippen molar-refractivity contribution in [3.05, 3.63) is 35.1 Å². The van der Waals surface area contributed by atoms with Crippen LogP contribution in [0.2, 0.25) is 0 Å². The zero-order valence-electron chi connectivity index (χ0n) is 11.1. The summed E-state index contributed by atoms with van der Waals surface area (Å²) < 4.78 is 69.0. The van der Waals surface area contributed by atoms with E-state index in [1.54, 1.807) is 0 Å². The molecule has 0 unspecified atom stereocenters. The number of halogens is 3. The molecule has 0 aliphatic heterocycles. The maximum absolute atomic E-state index is 13.1. The highest BCUT2D eigenvalue weighted by molar-refractivity contribution is 7.85. The lowest BCUT2D eigenvalue weighted by atomic mass is 10.2. The predicted molar refractivity (Wildman–Crippen MR) is 68.9 cm³/mol. The molecule has 1 aromatic rings. The van der Waals surface area contributed by atoms with Gasteiger partial charge in [-0.1, -0.05) is 11.8 Å². The van der Waals surface area contributed by atoms with Gasteiger partial charge in [-0.05, 0) is 0 Å². The Morgan fingerprint density at radius 1 is 1.23 bits per heavy atom. The summed E-state index contributed by atoms with van der Waals surface area (Å²) in [5.41, 5.74) is -0.975. The Hall–Kier alpha value is -2.09. The van der Waals surface area contributed by atoms with E-state index >= 15 is 0 Å². The second kappa shape index (κ2) is 9.04. The quantitative estimate of drug-likeness (QED) is 0.468. The van der Waals surface area contributed by atoms with Gasteiger partial charge in [0.15, 0.2) is 6.61 Å². The van der Waals surface area contributed by atoms with Crippen LogP contribution in [0.1, 0.15) is 10.4 Å². The van der Waals surface area contributed by atoms with Gasteiger partial charge >= 0.3 is 5.97 Å². The van der Waals surface area contributed by atoms with E-state index in [-0.39, 0.29) is 0 Å². The third-order valence-electron chi connectivity index (χ3n) is 1.69. The molecule has 122 valence electrons. The average Bonchev–Trinajstić information content (AvgIpc) is 2.31. The first kappa shape index (κ1) is 19.9. The van der Waals surface area contributed by atoms with Crippen molar-refractivity contribution in [2.24, 2.45) is 0 Å². The molecule has 0 saturated carbocycles. The molecule has 0 heterocycles. The molecule has 0 atom stereocenters. The van der Waals surface area contributed by atoms with Gasteiger partial charge in [0.25, 0.3) is 10.1 Å². The summed E-state index contributed by atoms with van der Waals surface area (Å²) >= 11 is 0. The van der Waals surface area contributed by atoms with Crippen LogP contribution in [-0.2, 0) is 14.9 Å². The number of esters is 1. The molecule has 0 radical (unpaired) electrons. The number of aliphatic hydroxyl groups is 1. The number of aliphatic hydroxyl groups excluding tert-OH is 1. The van der Waals surface area contributed by atoms with Crippen molar-refractivity contribution in [1.82, 2.24) is 0 Å². The van der Waals surface area contributed by atoms with Crippen LogP contribution >= 0.6 is 0 Å². The summed E-state index contributed by atoms with van der Waals surface area (Å²) in [6.45, 7) is -0.841. The van der Waals surface area contributed by atoms with Crippen LogP contribution < -0.4 is 0 Å². The molecule has 0 aliphatic rings. The fourth-order valence-corrected chi connectivity index (χ4v) is 1.02. The first-order valence-corrected chi connectivity index (χ1v) is 7.21. The summed E-state index contributed by atoms with van der Waals surface area (Å²) in [4.78, 5) is 11.2. The molecule has 1 rings (SSSR count). The van der Waals surface area contributed by atoms with E-state index in [0.29, 0.717) is 18.4 Å². The molecule has 0 fully saturated rings. The third kappa shape index (κ3) is 8.96. The number of benzene rings is 1. The minimum absolute atomic E-state index is 0.374. The van der Waals surface area contributed by atoms with Gasteiger partial charge in [-0.25, -0.2) is 18.0 Å². The van der Waals surface area contributed by atoms with Crippen LogP contribution in [0.4, 0.5) is 13.2 Å². The molecular weight excluding hydrogens is 329 g/mol. The maximum Gasteiger partial charge on any atom is 0.345 e. The Morgan fingerprint density at radius 2 is 1.68 bits per heavy atom. The second-order valence-electron chi connectivity index (χ2n) is 3.57. The largest absolute Gasteiger partial charge is 0.449 e. The van der Waals surface area contributed by atoms with Crippen LogP contribution in [-0.4, -0.2) is 43.5 Å². The lowest BCUT2D eigenvalue weighted by Gasteiger charge is -2.03. The van der Waals surface area contributed by atoms with Crippen LogP contribution in [0, 0.1) is 29.3 Å². The molecular formula is C12H11F3O6S. The van der Waals surface area contributed by atoms with Crippen LogP contribution in [0.15, 0.2) is 12.1 Å². The van der Waals surface area contributed by atoms with E-state index in [0.717, 1.165) is 0 Å². The van der Waals surface area contributed by atoms with Crippen molar-refractivity contribution in [3.8, 4) is 11.8 Å². The molecule has 0 spiro atoms. The Bertz CT molecular complexity index is 660. The van der Waals surface area contributed by atoms with Crippen molar-refractivity contribution >= 4 is 16.1 Å². The lowest BCUT2D eigenvalue weighted by molar-refractivity contribution is 0.0545. The number of carbonyl (C=O) groups excluding carboxylic acids is 1. The molecule has 22 heavy (non-hydrogen) atoms. The molecule has 1 aromatic carbocycles. The van der Waals surface area contributed by atoms with E-state index in [1.807, 2.05) is 0 Å². The molecule has 0 aromatic heterocycles. The summed E-state index contributed by atoms with van der Waals surface area (Å²) in [7, 11) is -3.67. The van der Waals surface area contributed by atoms with E-state index in [2.05, 4.69) is 16.6 Å². The maximum atomic E-state index is 13.1. The zero-order valence-corrected chi connectivity index (χ0v) is 12.0. The first-order valence-electron chi connectivity index (χ1n) is 5.37. The summed E-state index contributed by atoms with van der Waals surface area (Å²) in [5.74, 6) is -0.704. The number of carbonyl (C=O) groups is 1. The second-order valence-corrected chi connectivity index (χ2v) is 5.03.